The maximum atomic E-state index is 13.1. The molecule has 0 spiro atoms. The summed E-state index contributed by atoms with van der Waals surface area (Å²) in [4.78, 5) is 40.7. The highest BCUT2D eigenvalue weighted by atomic mass is 35.5. The number of halogens is 1. The summed E-state index contributed by atoms with van der Waals surface area (Å²) in [5.74, 6) is -0.618. The third-order valence-electron chi connectivity index (χ3n) is 4.92. The topological polar surface area (TPSA) is 81.8 Å². The Morgan fingerprint density at radius 1 is 1.14 bits per heavy atom. The van der Waals surface area contributed by atoms with E-state index < -0.39 is 11.6 Å². The Morgan fingerprint density at radius 2 is 1.79 bits per heavy atom. The number of hydrogen-bond acceptors (Lipinski definition) is 4. The Hall–Kier alpha value is -2.90. The van der Waals surface area contributed by atoms with E-state index in [1.807, 2.05) is 37.3 Å². The number of imide groups is 1. The van der Waals surface area contributed by atoms with Crippen molar-refractivity contribution in [3.63, 3.8) is 0 Å². The molecule has 29 heavy (non-hydrogen) atoms. The second-order valence-electron chi connectivity index (χ2n) is 6.97. The summed E-state index contributed by atoms with van der Waals surface area (Å²) >= 11 is 6.05. The largest absolute Gasteiger partial charge is 0.326 e. The van der Waals surface area contributed by atoms with Crippen LogP contribution in [-0.2, 0) is 15.1 Å². The monoisotopic (exact) mass is 414 g/mol. The van der Waals surface area contributed by atoms with Crippen molar-refractivity contribution < 1.29 is 14.4 Å². The van der Waals surface area contributed by atoms with Gasteiger partial charge in [0, 0.05) is 0 Å². The first-order valence-corrected chi connectivity index (χ1v) is 9.67. The molecule has 8 heteroatoms. The lowest BCUT2D eigenvalue weighted by atomic mass is 9.87. The fraction of sp³-hybridized carbons (Fsp3) is 0.286. The molecule has 1 fully saturated rings. The Kier molecular flexibility index (Phi) is 6.20. The number of rotatable bonds is 7. The molecular weight excluding hydrogens is 392 g/mol. The molecule has 2 aromatic carbocycles. The van der Waals surface area contributed by atoms with Gasteiger partial charge in [0.1, 0.15) is 5.54 Å². The molecule has 7 nitrogen and oxygen atoms in total. The van der Waals surface area contributed by atoms with Crippen molar-refractivity contribution in [2.24, 2.45) is 0 Å². The SMILES string of the molecule is CC[C@]1(c2ccccc2)NC(=O)N(CN(C)CC(=O)Nc2ccccc2Cl)C1=O. The Labute approximate surface area is 174 Å². The number of nitrogens with zero attached hydrogens (tertiary/aromatic N) is 2. The summed E-state index contributed by atoms with van der Waals surface area (Å²) in [5.41, 5.74) is 0.165. The van der Waals surface area contributed by atoms with E-state index in [1.54, 1.807) is 36.2 Å². The summed E-state index contributed by atoms with van der Waals surface area (Å²) in [7, 11) is 1.67. The van der Waals surface area contributed by atoms with E-state index in [0.717, 1.165) is 10.5 Å². The van der Waals surface area contributed by atoms with E-state index in [-0.39, 0.29) is 25.0 Å². The minimum atomic E-state index is -1.08. The molecule has 0 unspecified atom stereocenters. The molecule has 1 heterocycles. The maximum Gasteiger partial charge on any atom is 0.326 e. The molecule has 2 N–H and O–H groups in total. The van der Waals surface area contributed by atoms with Crippen molar-refractivity contribution in [2.45, 2.75) is 18.9 Å². The van der Waals surface area contributed by atoms with Gasteiger partial charge in [-0.3, -0.25) is 14.5 Å². The Bertz CT molecular complexity index is 921. The average Bonchev–Trinajstić information content (AvgIpc) is 2.95. The molecule has 2 aromatic rings. The Balaban J connectivity index is 1.66. The average molecular weight is 415 g/mol. The fourth-order valence-corrected chi connectivity index (χ4v) is 3.59. The smallest absolute Gasteiger partial charge is 0.324 e. The molecule has 152 valence electrons. The van der Waals surface area contributed by atoms with Gasteiger partial charge < -0.3 is 10.6 Å². The van der Waals surface area contributed by atoms with Crippen LogP contribution in [0.4, 0.5) is 10.5 Å². The first kappa shape index (κ1) is 20.8. The van der Waals surface area contributed by atoms with Gasteiger partial charge in [-0.2, -0.15) is 0 Å². The number of carbonyl (C=O) groups excluding carboxylic acids is 3. The highest BCUT2D eigenvalue weighted by molar-refractivity contribution is 6.33. The van der Waals surface area contributed by atoms with Crippen molar-refractivity contribution >= 4 is 35.1 Å². The first-order valence-electron chi connectivity index (χ1n) is 9.30. The lowest BCUT2D eigenvalue weighted by molar-refractivity contribution is -0.133. The summed E-state index contributed by atoms with van der Waals surface area (Å²) < 4.78 is 0. The lowest BCUT2D eigenvalue weighted by Gasteiger charge is -2.27. The van der Waals surface area contributed by atoms with Crippen LogP contribution in [0.1, 0.15) is 18.9 Å². The molecule has 1 aliphatic heterocycles. The second-order valence-corrected chi connectivity index (χ2v) is 7.38. The third-order valence-corrected chi connectivity index (χ3v) is 5.25. The molecule has 0 aromatic heterocycles. The van der Waals surface area contributed by atoms with Gasteiger partial charge in [0.25, 0.3) is 5.91 Å². The third kappa shape index (κ3) is 4.26. The van der Waals surface area contributed by atoms with Crippen LogP contribution in [0.2, 0.25) is 5.02 Å². The molecule has 0 saturated carbocycles. The molecular formula is C21H23ClN4O3. The zero-order chi connectivity index (χ0) is 21.0. The van der Waals surface area contributed by atoms with Gasteiger partial charge in [-0.25, -0.2) is 9.69 Å². The highest BCUT2D eigenvalue weighted by Crippen LogP contribution is 2.32. The first-order chi connectivity index (χ1) is 13.9. The number of anilines is 1. The quantitative estimate of drug-likeness (QED) is 0.682. The number of hydrogen-bond donors (Lipinski definition) is 2. The molecule has 0 bridgehead atoms. The minimum absolute atomic E-state index is 0.00477. The standard InChI is InChI=1S/C21H23ClN4O3/c1-3-21(15-9-5-4-6-10-15)19(28)26(20(29)24-21)14-25(2)13-18(27)23-17-12-8-7-11-16(17)22/h4-12H,3,13-14H2,1-2H3,(H,23,27)(H,24,29)/t21-/m1/s1. The van der Waals surface area contributed by atoms with Crippen LogP contribution in [0, 0.1) is 0 Å². The van der Waals surface area contributed by atoms with Gasteiger partial charge in [0.2, 0.25) is 5.91 Å². The van der Waals surface area contributed by atoms with E-state index in [2.05, 4.69) is 10.6 Å². The number of benzene rings is 2. The zero-order valence-electron chi connectivity index (χ0n) is 16.3. The number of carbonyl (C=O) groups is 3. The van der Waals surface area contributed by atoms with Gasteiger partial charge in [-0.15, -0.1) is 0 Å². The van der Waals surface area contributed by atoms with E-state index >= 15 is 0 Å². The summed E-state index contributed by atoms with van der Waals surface area (Å²) in [6.07, 6.45) is 0.425. The van der Waals surface area contributed by atoms with Crippen LogP contribution in [0.15, 0.2) is 54.6 Å². The Morgan fingerprint density at radius 3 is 2.45 bits per heavy atom. The molecule has 1 atom stereocenters. The minimum Gasteiger partial charge on any atom is -0.324 e. The molecule has 0 radical (unpaired) electrons. The summed E-state index contributed by atoms with van der Waals surface area (Å²) in [6.45, 7) is 1.84. The molecule has 4 amide bonds. The van der Waals surface area contributed by atoms with Crippen LogP contribution >= 0.6 is 11.6 Å². The fourth-order valence-electron chi connectivity index (χ4n) is 3.41. The van der Waals surface area contributed by atoms with Crippen molar-refractivity contribution in [1.82, 2.24) is 15.1 Å². The van der Waals surface area contributed by atoms with Gasteiger partial charge in [-0.05, 0) is 31.2 Å². The lowest BCUT2D eigenvalue weighted by Crippen LogP contribution is -2.45. The van der Waals surface area contributed by atoms with Crippen LogP contribution in [0.3, 0.4) is 0 Å². The van der Waals surface area contributed by atoms with Gasteiger partial charge >= 0.3 is 6.03 Å². The number of amides is 4. The molecule has 1 saturated heterocycles. The number of nitrogens with one attached hydrogen (secondary N) is 2. The maximum absolute atomic E-state index is 13.1. The van der Waals surface area contributed by atoms with Crippen LogP contribution in [0.5, 0.6) is 0 Å². The number of likely N-dealkylation sites (N-methyl/N-ethyl adjacent to an activating group) is 1. The van der Waals surface area contributed by atoms with E-state index in [0.29, 0.717) is 17.1 Å². The van der Waals surface area contributed by atoms with Gasteiger partial charge in [-0.1, -0.05) is 61.0 Å². The van der Waals surface area contributed by atoms with Crippen molar-refractivity contribution in [3.8, 4) is 0 Å². The zero-order valence-corrected chi connectivity index (χ0v) is 17.1. The van der Waals surface area contributed by atoms with Crippen LogP contribution < -0.4 is 10.6 Å². The van der Waals surface area contributed by atoms with Gasteiger partial charge in [0.15, 0.2) is 0 Å². The van der Waals surface area contributed by atoms with E-state index in [4.69, 9.17) is 11.6 Å². The van der Waals surface area contributed by atoms with E-state index in [1.165, 1.54) is 0 Å². The van der Waals surface area contributed by atoms with Crippen LogP contribution in [-0.4, -0.2) is 47.9 Å². The predicted octanol–water partition coefficient (Wildman–Crippen LogP) is 3.03. The molecule has 3 rings (SSSR count). The highest BCUT2D eigenvalue weighted by Gasteiger charge is 2.51. The van der Waals surface area contributed by atoms with Crippen LogP contribution in [0.25, 0.3) is 0 Å². The molecule has 1 aliphatic rings. The number of para-hydroxylation sites is 1. The van der Waals surface area contributed by atoms with E-state index in [9.17, 15) is 14.4 Å². The van der Waals surface area contributed by atoms with Crippen molar-refractivity contribution in [2.75, 3.05) is 25.6 Å². The molecule has 0 aliphatic carbocycles. The second kappa shape index (κ2) is 8.63. The summed E-state index contributed by atoms with van der Waals surface area (Å²) in [6, 6.07) is 15.6. The number of urea groups is 1. The van der Waals surface area contributed by atoms with Crippen molar-refractivity contribution in [1.29, 1.82) is 0 Å². The summed E-state index contributed by atoms with van der Waals surface area (Å²) in [5, 5.41) is 6.00. The normalized spacial score (nSPS) is 18.8. The predicted molar refractivity (Wildman–Crippen MR) is 111 cm³/mol. The van der Waals surface area contributed by atoms with Crippen molar-refractivity contribution in [3.05, 3.63) is 65.2 Å². The van der Waals surface area contributed by atoms with Gasteiger partial charge in [0.05, 0.1) is 23.9 Å².